The first kappa shape index (κ1) is 15.3. The zero-order chi connectivity index (χ0) is 15.2. The smallest absolute Gasteiger partial charge is 0.251 e. The van der Waals surface area contributed by atoms with Gasteiger partial charge < -0.3 is 10.4 Å². The second kappa shape index (κ2) is 7.04. The SMILES string of the molecule is Cc1ccc(C(=O)N[C@@H](CO)Cc2ccccc2)cc1C. The monoisotopic (exact) mass is 283 g/mol. The van der Waals surface area contributed by atoms with Crippen LogP contribution in [0.4, 0.5) is 0 Å². The molecule has 0 aromatic heterocycles. The molecule has 0 heterocycles. The molecule has 0 aliphatic heterocycles. The predicted octanol–water partition coefficient (Wildman–Crippen LogP) is 2.64. The van der Waals surface area contributed by atoms with E-state index in [0.717, 1.165) is 16.7 Å². The number of aryl methyl sites for hydroxylation is 2. The Balaban J connectivity index is 2.04. The number of rotatable bonds is 5. The molecule has 0 radical (unpaired) electrons. The Bertz CT molecular complexity index is 608. The van der Waals surface area contributed by atoms with Crippen LogP contribution in [0.25, 0.3) is 0 Å². The van der Waals surface area contributed by atoms with E-state index in [4.69, 9.17) is 0 Å². The summed E-state index contributed by atoms with van der Waals surface area (Å²) in [5.41, 5.74) is 3.97. The van der Waals surface area contributed by atoms with Crippen molar-refractivity contribution >= 4 is 5.91 Å². The van der Waals surface area contributed by atoms with Gasteiger partial charge in [-0.05, 0) is 49.1 Å². The molecule has 0 aliphatic carbocycles. The number of benzene rings is 2. The number of carbonyl (C=O) groups is 1. The predicted molar refractivity (Wildman–Crippen MR) is 84.4 cm³/mol. The van der Waals surface area contributed by atoms with Gasteiger partial charge in [-0.25, -0.2) is 0 Å². The van der Waals surface area contributed by atoms with Crippen molar-refractivity contribution in [3.05, 3.63) is 70.8 Å². The van der Waals surface area contributed by atoms with Crippen molar-refractivity contribution in [3.63, 3.8) is 0 Å². The maximum atomic E-state index is 12.2. The minimum absolute atomic E-state index is 0.0779. The molecule has 1 atom stereocenters. The minimum Gasteiger partial charge on any atom is -0.394 e. The fourth-order valence-electron chi connectivity index (χ4n) is 2.21. The van der Waals surface area contributed by atoms with Gasteiger partial charge in [0.25, 0.3) is 5.91 Å². The van der Waals surface area contributed by atoms with Crippen LogP contribution in [0.3, 0.4) is 0 Å². The quantitative estimate of drug-likeness (QED) is 0.886. The summed E-state index contributed by atoms with van der Waals surface area (Å²) < 4.78 is 0. The first-order chi connectivity index (χ1) is 10.1. The highest BCUT2D eigenvalue weighted by atomic mass is 16.3. The lowest BCUT2D eigenvalue weighted by Crippen LogP contribution is -2.39. The Morgan fingerprint density at radius 3 is 2.43 bits per heavy atom. The molecule has 2 N–H and O–H groups in total. The second-order valence-electron chi connectivity index (χ2n) is 5.34. The third-order valence-corrected chi connectivity index (χ3v) is 3.65. The van der Waals surface area contributed by atoms with Gasteiger partial charge in [-0.2, -0.15) is 0 Å². The third kappa shape index (κ3) is 4.17. The molecule has 2 aromatic rings. The van der Waals surface area contributed by atoms with Crippen LogP contribution in [0.15, 0.2) is 48.5 Å². The van der Waals surface area contributed by atoms with Crippen LogP contribution < -0.4 is 5.32 Å². The van der Waals surface area contributed by atoms with Crippen LogP contribution in [0.5, 0.6) is 0 Å². The van der Waals surface area contributed by atoms with Crippen molar-refractivity contribution in [1.82, 2.24) is 5.32 Å². The van der Waals surface area contributed by atoms with E-state index < -0.39 is 0 Å². The fourth-order valence-corrected chi connectivity index (χ4v) is 2.21. The van der Waals surface area contributed by atoms with E-state index in [1.165, 1.54) is 0 Å². The average molecular weight is 283 g/mol. The lowest BCUT2D eigenvalue weighted by Gasteiger charge is -2.17. The van der Waals surface area contributed by atoms with Gasteiger partial charge >= 0.3 is 0 Å². The summed E-state index contributed by atoms with van der Waals surface area (Å²) in [6.07, 6.45) is 0.619. The number of hydrogen-bond donors (Lipinski definition) is 2. The molecule has 3 nitrogen and oxygen atoms in total. The molecule has 0 saturated heterocycles. The summed E-state index contributed by atoms with van der Waals surface area (Å²) in [7, 11) is 0. The van der Waals surface area contributed by atoms with Crippen molar-refractivity contribution in [1.29, 1.82) is 0 Å². The Morgan fingerprint density at radius 1 is 1.10 bits per heavy atom. The van der Waals surface area contributed by atoms with Gasteiger partial charge in [0.15, 0.2) is 0 Å². The maximum Gasteiger partial charge on any atom is 0.251 e. The van der Waals surface area contributed by atoms with Crippen LogP contribution in [0, 0.1) is 13.8 Å². The van der Waals surface area contributed by atoms with Gasteiger partial charge in [-0.15, -0.1) is 0 Å². The Hall–Kier alpha value is -2.13. The molecule has 110 valence electrons. The standard InChI is InChI=1S/C18H21NO2/c1-13-8-9-16(10-14(13)2)18(21)19-17(12-20)11-15-6-4-3-5-7-15/h3-10,17,20H,11-12H2,1-2H3,(H,19,21)/t17-/m1/s1. The number of nitrogens with one attached hydrogen (secondary N) is 1. The summed E-state index contributed by atoms with van der Waals surface area (Å²) in [5, 5.41) is 12.4. The van der Waals surface area contributed by atoms with Gasteiger partial charge in [-0.3, -0.25) is 4.79 Å². The van der Waals surface area contributed by atoms with Gasteiger partial charge in [-0.1, -0.05) is 36.4 Å². The minimum atomic E-state index is -0.276. The molecule has 0 aliphatic rings. The van der Waals surface area contributed by atoms with E-state index in [2.05, 4.69) is 5.32 Å². The molecular formula is C18H21NO2. The van der Waals surface area contributed by atoms with Crippen molar-refractivity contribution in [2.75, 3.05) is 6.61 Å². The molecule has 1 amide bonds. The highest BCUT2D eigenvalue weighted by Gasteiger charge is 2.14. The van der Waals surface area contributed by atoms with E-state index >= 15 is 0 Å². The first-order valence-electron chi connectivity index (χ1n) is 7.13. The summed E-state index contributed by atoms with van der Waals surface area (Å²) in [6.45, 7) is 3.92. The third-order valence-electron chi connectivity index (χ3n) is 3.65. The fraction of sp³-hybridized carbons (Fsp3) is 0.278. The van der Waals surface area contributed by atoms with Crippen molar-refractivity contribution < 1.29 is 9.90 Å². The maximum absolute atomic E-state index is 12.2. The van der Waals surface area contributed by atoms with Crippen LogP contribution in [-0.4, -0.2) is 23.7 Å². The van der Waals surface area contributed by atoms with E-state index in [-0.39, 0.29) is 18.6 Å². The second-order valence-corrected chi connectivity index (χ2v) is 5.34. The largest absolute Gasteiger partial charge is 0.394 e. The van der Waals surface area contributed by atoms with E-state index in [0.29, 0.717) is 12.0 Å². The number of amides is 1. The highest BCUT2D eigenvalue weighted by molar-refractivity contribution is 5.94. The van der Waals surface area contributed by atoms with Crippen LogP contribution in [0.1, 0.15) is 27.0 Å². The first-order valence-corrected chi connectivity index (χ1v) is 7.13. The molecule has 2 aromatic carbocycles. The number of aliphatic hydroxyl groups is 1. The van der Waals surface area contributed by atoms with Gasteiger partial charge in [0.2, 0.25) is 0 Å². The highest BCUT2D eigenvalue weighted by Crippen LogP contribution is 2.10. The Kier molecular flexibility index (Phi) is 5.12. The van der Waals surface area contributed by atoms with E-state index in [1.807, 2.05) is 62.4 Å². The molecule has 0 unspecified atom stereocenters. The Labute approximate surface area is 125 Å². The summed E-state index contributed by atoms with van der Waals surface area (Å²) in [6, 6.07) is 15.2. The molecule has 21 heavy (non-hydrogen) atoms. The van der Waals surface area contributed by atoms with Gasteiger partial charge in [0, 0.05) is 5.56 Å². The van der Waals surface area contributed by atoms with E-state index in [9.17, 15) is 9.90 Å². The number of carbonyl (C=O) groups excluding carboxylic acids is 1. The molecular weight excluding hydrogens is 262 g/mol. The summed E-state index contributed by atoms with van der Waals surface area (Å²) in [4.78, 5) is 12.2. The van der Waals surface area contributed by atoms with Crippen molar-refractivity contribution in [2.45, 2.75) is 26.3 Å². The van der Waals surface area contributed by atoms with Crippen molar-refractivity contribution in [2.24, 2.45) is 0 Å². The van der Waals surface area contributed by atoms with Gasteiger partial charge in [0.05, 0.1) is 12.6 Å². The van der Waals surface area contributed by atoms with Crippen LogP contribution in [-0.2, 0) is 6.42 Å². The zero-order valence-corrected chi connectivity index (χ0v) is 12.5. The molecule has 0 spiro atoms. The van der Waals surface area contributed by atoms with Crippen LogP contribution in [0.2, 0.25) is 0 Å². The normalized spacial score (nSPS) is 12.0. The lowest BCUT2D eigenvalue weighted by molar-refractivity contribution is 0.0916. The topological polar surface area (TPSA) is 49.3 Å². The summed E-state index contributed by atoms with van der Waals surface area (Å²) >= 11 is 0. The molecule has 0 bridgehead atoms. The molecule has 0 saturated carbocycles. The van der Waals surface area contributed by atoms with Gasteiger partial charge in [0.1, 0.15) is 0 Å². The Morgan fingerprint density at radius 2 is 1.81 bits per heavy atom. The molecule has 2 rings (SSSR count). The zero-order valence-electron chi connectivity index (χ0n) is 12.5. The average Bonchev–Trinajstić information content (AvgIpc) is 2.50. The lowest BCUT2D eigenvalue weighted by atomic mass is 10.0. The van der Waals surface area contributed by atoms with Crippen LogP contribution >= 0.6 is 0 Å². The summed E-state index contributed by atoms with van der Waals surface area (Å²) in [5.74, 6) is -0.145. The molecule has 3 heteroatoms. The number of aliphatic hydroxyl groups excluding tert-OH is 1. The van der Waals surface area contributed by atoms with E-state index in [1.54, 1.807) is 0 Å². The molecule has 0 fully saturated rings. The number of hydrogen-bond acceptors (Lipinski definition) is 2. The van der Waals surface area contributed by atoms with Crippen molar-refractivity contribution in [3.8, 4) is 0 Å².